The number of hydrogen-bond acceptors (Lipinski definition) is 4. The predicted molar refractivity (Wildman–Crippen MR) is 83.6 cm³/mol. The first-order valence-electron chi connectivity index (χ1n) is 6.69. The summed E-state index contributed by atoms with van der Waals surface area (Å²) in [7, 11) is 0. The molecule has 0 atom stereocenters. The lowest BCUT2D eigenvalue weighted by Gasteiger charge is -2.05. The van der Waals surface area contributed by atoms with Crippen molar-refractivity contribution in [2.75, 3.05) is 6.61 Å². The molecular weight excluding hydrogens is 278 g/mol. The van der Waals surface area contributed by atoms with E-state index < -0.39 is 0 Å². The van der Waals surface area contributed by atoms with Crippen molar-refractivity contribution in [3.8, 4) is 11.8 Å². The van der Waals surface area contributed by atoms with Crippen LogP contribution in [0.25, 0.3) is 0 Å². The maximum absolute atomic E-state index is 11.6. The van der Waals surface area contributed by atoms with E-state index in [9.17, 15) is 4.79 Å². The molecule has 110 valence electrons. The first-order chi connectivity index (χ1) is 10.7. The SMILES string of the molecule is Cc1cccc(OCC(=O)N/N=C\c2ccc(C#N)cc2)c1. The lowest BCUT2D eigenvalue weighted by atomic mass is 10.2. The zero-order chi connectivity index (χ0) is 15.8. The van der Waals surface area contributed by atoms with Crippen molar-refractivity contribution in [2.45, 2.75) is 6.92 Å². The van der Waals surface area contributed by atoms with Crippen LogP contribution in [0.2, 0.25) is 0 Å². The van der Waals surface area contributed by atoms with Gasteiger partial charge in [-0.15, -0.1) is 0 Å². The Labute approximate surface area is 128 Å². The number of hydrazone groups is 1. The van der Waals surface area contributed by atoms with Gasteiger partial charge in [0.25, 0.3) is 5.91 Å². The first kappa shape index (κ1) is 15.3. The smallest absolute Gasteiger partial charge is 0.277 e. The van der Waals surface area contributed by atoms with Crippen LogP contribution in [0, 0.1) is 18.3 Å². The molecule has 5 heteroatoms. The molecule has 22 heavy (non-hydrogen) atoms. The van der Waals surface area contributed by atoms with Gasteiger partial charge in [0.15, 0.2) is 6.61 Å². The number of nitrogens with one attached hydrogen (secondary N) is 1. The van der Waals surface area contributed by atoms with Crippen molar-refractivity contribution in [3.05, 3.63) is 65.2 Å². The number of nitriles is 1. The number of rotatable bonds is 5. The second kappa shape index (κ2) is 7.60. The highest BCUT2D eigenvalue weighted by atomic mass is 16.5. The third kappa shape index (κ3) is 4.76. The van der Waals surface area contributed by atoms with Gasteiger partial charge in [0, 0.05) is 0 Å². The van der Waals surface area contributed by atoms with Crippen LogP contribution in [0.1, 0.15) is 16.7 Å². The van der Waals surface area contributed by atoms with E-state index in [1.54, 1.807) is 30.3 Å². The van der Waals surface area contributed by atoms with E-state index in [-0.39, 0.29) is 12.5 Å². The molecule has 1 amide bonds. The fraction of sp³-hybridized carbons (Fsp3) is 0.118. The van der Waals surface area contributed by atoms with Crippen LogP contribution in [0.5, 0.6) is 5.75 Å². The molecule has 0 heterocycles. The molecule has 0 aliphatic carbocycles. The molecule has 0 bridgehead atoms. The molecule has 5 nitrogen and oxygen atoms in total. The van der Waals surface area contributed by atoms with E-state index in [0.717, 1.165) is 11.1 Å². The Kier molecular flexibility index (Phi) is 5.27. The number of benzene rings is 2. The topological polar surface area (TPSA) is 74.5 Å². The predicted octanol–water partition coefficient (Wildman–Crippen LogP) is 2.40. The zero-order valence-corrected chi connectivity index (χ0v) is 12.1. The molecule has 0 fully saturated rings. The van der Waals surface area contributed by atoms with Gasteiger partial charge in [-0.2, -0.15) is 10.4 Å². The molecule has 2 aromatic rings. The second-order valence-corrected chi connectivity index (χ2v) is 4.63. The molecule has 0 aliphatic heterocycles. The molecule has 0 spiro atoms. The van der Waals surface area contributed by atoms with E-state index in [1.807, 2.05) is 31.2 Å². The monoisotopic (exact) mass is 293 g/mol. The van der Waals surface area contributed by atoms with Crippen LogP contribution in [0.15, 0.2) is 53.6 Å². The Morgan fingerprint density at radius 1 is 1.32 bits per heavy atom. The Bertz CT molecular complexity index is 715. The lowest BCUT2D eigenvalue weighted by molar-refractivity contribution is -0.123. The Balaban J connectivity index is 1.79. The van der Waals surface area contributed by atoms with Crippen molar-refractivity contribution >= 4 is 12.1 Å². The van der Waals surface area contributed by atoms with Crippen molar-refractivity contribution < 1.29 is 9.53 Å². The van der Waals surface area contributed by atoms with E-state index in [1.165, 1.54) is 6.21 Å². The summed E-state index contributed by atoms with van der Waals surface area (Å²) >= 11 is 0. The van der Waals surface area contributed by atoms with Crippen molar-refractivity contribution in [1.29, 1.82) is 5.26 Å². The average molecular weight is 293 g/mol. The molecule has 2 rings (SSSR count). The number of carbonyl (C=O) groups is 1. The minimum atomic E-state index is -0.341. The van der Waals surface area contributed by atoms with Crippen LogP contribution in [0.4, 0.5) is 0 Å². The first-order valence-corrected chi connectivity index (χ1v) is 6.69. The number of amides is 1. The van der Waals surface area contributed by atoms with Crippen LogP contribution >= 0.6 is 0 Å². The molecule has 2 aromatic carbocycles. The standard InChI is InChI=1S/C17H15N3O2/c1-13-3-2-4-16(9-13)22-12-17(21)20-19-11-15-7-5-14(10-18)6-8-15/h2-9,11H,12H2,1H3,(H,20,21)/b19-11-. The maximum atomic E-state index is 11.6. The van der Waals surface area contributed by atoms with Gasteiger partial charge in [-0.1, -0.05) is 24.3 Å². The van der Waals surface area contributed by atoms with Crippen molar-refractivity contribution in [2.24, 2.45) is 5.10 Å². The summed E-state index contributed by atoms with van der Waals surface area (Å²) < 4.78 is 5.36. The third-order valence-electron chi connectivity index (χ3n) is 2.80. The minimum absolute atomic E-state index is 0.103. The molecule has 0 radical (unpaired) electrons. The molecular formula is C17H15N3O2. The Hall–Kier alpha value is -3.13. The van der Waals surface area contributed by atoms with E-state index in [4.69, 9.17) is 10.00 Å². The Morgan fingerprint density at radius 2 is 2.09 bits per heavy atom. The van der Waals surface area contributed by atoms with E-state index in [2.05, 4.69) is 10.5 Å². The lowest BCUT2D eigenvalue weighted by Crippen LogP contribution is -2.24. The molecule has 0 aromatic heterocycles. The van der Waals surface area contributed by atoms with Crippen molar-refractivity contribution in [1.82, 2.24) is 5.43 Å². The van der Waals surface area contributed by atoms with Crippen LogP contribution in [-0.4, -0.2) is 18.7 Å². The largest absolute Gasteiger partial charge is 0.484 e. The van der Waals surface area contributed by atoms with Crippen LogP contribution in [-0.2, 0) is 4.79 Å². The molecule has 0 unspecified atom stereocenters. The average Bonchev–Trinajstić information content (AvgIpc) is 2.54. The number of carbonyl (C=O) groups excluding carboxylic acids is 1. The van der Waals surface area contributed by atoms with E-state index in [0.29, 0.717) is 11.3 Å². The fourth-order valence-corrected chi connectivity index (χ4v) is 1.71. The minimum Gasteiger partial charge on any atom is -0.484 e. The number of nitrogens with zero attached hydrogens (tertiary/aromatic N) is 2. The van der Waals surface area contributed by atoms with Gasteiger partial charge in [0.05, 0.1) is 17.8 Å². The van der Waals surface area contributed by atoms with Gasteiger partial charge in [-0.05, 0) is 42.3 Å². The molecule has 0 aliphatic rings. The molecule has 1 N–H and O–H groups in total. The Morgan fingerprint density at radius 3 is 2.77 bits per heavy atom. The highest BCUT2D eigenvalue weighted by Gasteiger charge is 2.01. The van der Waals surface area contributed by atoms with Crippen LogP contribution in [0.3, 0.4) is 0 Å². The summed E-state index contributed by atoms with van der Waals surface area (Å²) in [5, 5.41) is 12.5. The van der Waals surface area contributed by atoms with E-state index >= 15 is 0 Å². The van der Waals surface area contributed by atoms with Gasteiger partial charge in [0.1, 0.15) is 5.75 Å². The number of hydrogen-bond donors (Lipinski definition) is 1. The third-order valence-corrected chi connectivity index (χ3v) is 2.80. The summed E-state index contributed by atoms with van der Waals surface area (Å²) in [6, 6.07) is 16.4. The summed E-state index contributed by atoms with van der Waals surface area (Å²) in [5.74, 6) is 0.303. The summed E-state index contributed by atoms with van der Waals surface area (Å²) in [6.07, 6.45) is 1.51. The van der Waals surface area contributed by atoms with Gasteiger partial charge in [-0.25, -0.2) is 5.43 Å². The van der Waals surface area contributed by atoms with Gasteiger partial charge in [-0.3, -0.25) is 4.79 Å². The van der Waals surface area contributed by atoms with Gasteiger partial charge in [0.2, 0.25) is 0 Å². The number of ether oxygens (including phenoxy) is 1. The maximum Gasteiger partial charge on any atom is 0.277 e. The highest BCUT2D eigenvalue weighted by molar-refractivity contribution is 5.83. The summed E-state index contributed by atoms with van der Waals surface area (Å²) in [4.78, 5) is 11.6. The van der Waals surface area contributed by atoms with Gasteiger partial charge >= 0.3 is 0 Å². The zero-order valence-electron chi connectivity index (χ0n) is 12.1. The summed E-state index contributed by atoms with van der Waals surface area (Å²) in [5.41, 5.74) is 4.82. The molecule has 0 saturated heterocycles. The fourth-order valence-electron chi connectivity index (χ4n) is 1.71. The summed E-state index contributed by atoms with van der Waals surface area (Å²) in [6.45, 7) is 1.85. The van der Waals surface area contributed by atoms with Crippen molar-refractivity contribution in [3.63, 3.8) is 0 Å². The quantitative estimate of drug-likeness (QED) is 0.679. The van der Waals surface area contributed by atoms with Crippen LogP contribution < -0.4 is 10.2 Å². The number of aryl methyl sites for hydroxylation is 1. The second-order valence-electron chi connectivity index (χ2n) is 4.63. The normalized spacial score (nSPS) is 10.2. The van der Waals surface area contributed by atoms with Gasteiger partial charge < -0.3 is 4.74 Å². The molecule has 0 saturated carbocycles. The highest BCUT2D eigenvalue weighted by Crippen LogP contribution is 2.11.